The maximum Gasteiger partial charge on any atom is 0.142 e. The Labute approximate surface area is 164 Å². The molecule has 3 aromatic rings. The zero-order valence-electron chi connectivity index (χ0n) is 14.1. The summed E-state index contributed by atoms with van der Waals surface area (Å²) in [6.45, 7) is 3.01. The van der Waals surface area contributed by atoms with Crippen LogP contribution in [0.4, 0.5) is 5.82 Å². The van der Waals surface area contributed by atoms with Crippen molar-refractivity contribution in [1.29, 1.82) is 0 Å². The summed E-state index contributed by atoms with van der Waals surface area (Å²) >= 11 is 7.14. The molecule has 0 bridgehead atoms. The third kappa shape index (κ3) is 3.71. The topological polar surface area (TPSA) is 37.8 Å². The van der Waals surface area contributed by atoms with Crippen molar-refractivity contribution >= 4 is 55.1 Å². The first-order valence-corrected chi connectivity index (χ1v) is 11.3. The number of hydrogen-bond acceptors (Lipinski definition) is 5. The molecule has 1 aromatic carbocycles. The highest BCUT2D eigenvalue weighted by molar-refractivity contribution is 9.10. The fraction of sp³-hybridized carbons (Fsp3) is 0.368. The van der Waals surface area contributed by atoms with Crippen molar-refractivity contribution in [3.63, 3.8) is 0 Å². The van der Waals surface area contributed by atoms with Crippen LogP contribution < -0.4 is 5.32 Å². The van der Waals surface area contributed by atoms with Crippen LogP contribution in [0.3, 0.4) is 0 Å². The van der Waals surface area contributed by atoms with Crippen LogP contribution in [-0.2, 0) is 18.6 Å². The third-order valence-electron chi connectivity index (χ3n) is 4.39. The summed E-state index contributed by atoms with van der Waals surface area (Å²) in [7, 11) is 0. The second-order valence-corrected chi connectivity index (χ2v) is 9.20. The van der Waals surface area contributed by atoms with Gasteiger partial charge in [-0.3, -0.25) is 0 Å². The van der Waals surface area contributed by atoms with E-state index in [9.17, 15) is 0 Å². The lowest BCUT2D eigenvalue weighted by atomic mass is 9.97. The van der Waals surface area contributed by atoms with Gasteiger partial charge in [0.2, 0.25) is 0 Å². The molecule has 2 aromatic heterocycles. The standard InChI is InChI=1S/C19H20BrN3S2/c1-2-21-18-17-14-5-3-4-6-15(14)25-19(17)23-16(22-18)11-24-13-9-7-12(20)8-10-13/h7-10H,2-6,11H2,1H3,(H,21,22,23). The molecule has 0 amide bonds. The second-order valence-electron chi connectivity index (χ2n) is 6.15. The van der Waals surface area contributed by atoms with E-state index in [0.29, 0.717) is 0 Å². The summed E-state index contributed by atoms with van der Waals surface area (Å²) in [6, 6.07) is 8.40. The zero-order valence-corrected chi connectivity index (χ0v) is 17.4. The normalized spacial score (nSPS) is 13.8. The molecule has 0 spiro atoms. The first-order chi connectivity index (χ1) is 12.2. The molecule has 0 atom stereocenters. The maximum atomic E-state index is 4.89. The van der Waals surface area contributed by atoms with Crippen LogP contribution >= 0.6 is 39.0 Å². The van der Waals surface area contributed by atoms with Gasteiger partial charge in [0, 0.05) is 20.8 Å². The molecule has 4 rings (SSSR count). The van der Waals surface area contributed by atoms with Gasteiger partial charge in [0.15, 0.2) is 0 Å². The number of anilines is 1. The highest BCUT2D eigenvalue weighted by atomic mass is 79.9. The SMILES string of the molecule is CCNc1nc(CSc2ccc(Br)cc2)nc2sc3c(c12)CCCC3. The minimum atomic E-state index is 0.790. The number of thiophene rings is 1. The monoisotopic (exact) mass is 433 g/mol. The first kappa shape index (κ1) is 17.3. The number of fused-ring (bicyclic) bond motifs is 3. The lowest BCUT2D eigenvalue weighted by Crippen LogP contribution is -2.05. The molecule has 2 heterocycles. The van der Waals surface area contributed by atoms with Crippen LogP contribution in [0.1, 0.15) is 36.0 Å². The molecule has 0 saturated heterocycles. The quantitative estimate of drug-likeness (QED) is 0.496. The summed E-state index contributed by atoms with van der Waals surface area (Å²) in [4.78, 5) is 13.7. The minimum Gasteiger partial charge on any atom is -0.370 e. The van der Waals surface area contributed by atoms with Gasteiger partial charge in [-0.2, -0.15) is 0 Å². The van der Waals surface area contributed by atoms with Crippen LogP contribution in [0.5, 0.6) is 0 Å². The number of rotatable bonds is 5. The Hall–Kier alpha value is -1.11. The fourth-order valence-electron chi connectivity index (χ4n) is 3.24. The molecule has 130 valence electrons. The van der Waals surface area contributed by atoms with Crippen molar-refractivity contribution in [2.45, 2.75) is 43.3 Å². The minimum absolute atomic E-state index is 0.790. The van der Waals surface area contributed by atoms with Gasteiger partial charge < -0.3 is 5.32 Å². The predicted octanol–water partition coefficient (Wildman–Crippen LogP) is 6.06. The molecule has 0 aliphatic heterocycles. The zero-order chi connectivity index (χ0) is 17.2. The van der Waals surface area contributed by atoms with E-state index in [1.54, 1.807) is 11.8 Å². The molecule has 3 nitrogen and oxygen atoms in total. The molecular weight excluding hydrogens is 414 g/mol. The Kier molecular flexibility index (Phi) is 5.29. The number of nitrogens with zero attached hydrogens (tertiary/aromatic N) is 2. The highest BCUT2D eigenvalue weighted by Gasteiger charge is 2.20. The van der Waals surface area contributed by atoms with Crippen LogP contribution in [0.25, 0.3) is 10.2 Å². The average molecular weight is 434 g/mol. The van der Waals surface area contributed by atoms with Crippen molar-refractivity contribution in [1.82, 2.24) is 9.97 Å². The number of benzene rings is 1. The number of thioether (sulfide) groups is 1. The number of halogens is 1. The highest BCUT2D eigenvalue weighted by Crippen LogP contribution is 2.39. The van der Waals surface area contributed by atoms with Gasteiger partial charge >= 0.3 is 0 Å². The van der Waals surface area contributed by atoms with Gasteiger partial charge in [-0.05, 0) is 62.4 Å². The van der Waals surface area contributed by atoms with Crippen LogP contribution in [0.2, 0.25) is 0 Å². The van der Waals surface area contributed by atoms with E-state index in [1.165, 1.54) is 46.4 Å². The number of nitrogens with one attached hydrogen (secondary N) is 1. The van der Waals surface area contributed by atoms with Crippen LogP contribution in [-0.4, -0.2) is 16.5 Å². The van der Waals surface area contributed by atoms with E-state index in [-0.39, 0.29) is 0 Å². The van der Waals surface area contributed by atoms with Crippen LogP contribution in [0.15, 0.2) is 33.6 Å². The van der Waals surface area contributed by atoms with Gasteiger partial charge in [0.1, 0.15) is 16.5 Å². The van der Waals surface area contributed by atoms with Crippen LogP contribution in [0, 0.1) is 0 Å². The number of aryl methyl sites for hydroxylation is 2. The largest absolute Gasteiger partial charge is 0.370 e. The molecule has 1 aliphatic carbocycles. The molecule has 0 radical (unpaired) electrons. The van der Waals surface area contributed by atoms with E-state index >= 15 is 0 Å². The summed E-state index contributed by atoms with van der Waals surface area (Å²) in [5, 5.41) is 4.75. The Balaban J connectivity index is 1.66. The fourth-order valence-corrected chi connectivity index (χ4v) is 5.54. The van der Waals surface area contributed by atoms with E-state index < -0.39 is 0 Å². The summed E-state index contributed by atoms with van der Waals surface area (Å²) in [5.41, 5.74) is 1.49. The summed E-state index contributed by atoms with van der Waals surface area (Å²) in [5.74, 6) is 2.73. The number of hydrogen-bond donors (Lipinski definition) is 1. The second kappa shape index (κ2) is 7.64. The van der Waals surface area contributed by atoms with Gasteiger partial charge in [-0.25, -0.2) is 9.97 Å². The smallest absolute Gasteiger partial charge is 0.142 e. The first-order valence-electron chi connectivity index (χ1n) is 8.68. The lowest BCUT2D eigenvalue weighted by molar-refractivity contribution is 0.700. The molecule has 0 unspecified atom stereocenters. The van der Waals surface area contributed by atoms with Gasteiger partial charge in [0.05, 0.1) is 11.1 Å². The number of aromatic nitrogens is 2. The van der Waals surface area contributed by atoms with E-state index in [1.807, 2.05) is 11.3 Å². The summed E-state index contributed by atoms with van der Waals surface area (Å²) in [6.07, 6.45) is 4.95. The Morgan fingerprint density at radius 3 is 2.76 bits per heavy atom. The Bertz CT molecular complexity index is 890. The Morgan fingerprint density at radius 1 is 1.16 bits per heavy atom. The van der Waals surface area contributed by atoms with Crippen molar-refractivity contribution in [2.75, 3.05) is 11.9 Å². The van der Waals surface area contributed by atoms with E-state index in [4.69, 9.17) is 9.97 Å². The van der Waals surface area contributed by atoms with E-state index in [2.05, 4.69) is 52.4 Å². The van der Waals surface area contributed by atoms with Gasteiger partial charge in [0.25, 0.3) is 0 Å². The van der Waals surface area contributed by atoms with E-state index in [0.717, 1.165) is 33.2 Å². The van der Waals surface area contributed by atoms with Gasteiger partial charge in [-0.1, -0.05) is 15.9 Å². The van der Waals surface area contributed by atoms with Crippen molar-refractivity contribution < 1.29 is 0 Å². The van der Waals surface area contributed by atoms with Crippen molar-refractivity contribution in [3.05, 3.63) is 45.0 Å². The predicted molar refractivity (Wildman–Crippen MR) is 112 cm³/mol. The Morgan fingerprint density at radius 2 is 1.96 bits per heavy atom. The summed E-state index contributed by atoms with van der Waals surface area (Å²) < 4.78 is 1.10. The molecule has 1 N–H and O–H groups in total. The average Bonchev–Trinajstić information content (AvgIpc) is 3.00. The lowest BCUT2D eigenvalue weighted by Gasteiger charge is -2.12. The maximum absolute atomic E-state index is 4.89. The van der Waals surface area contributed by atoms with Gasteiger partial charge in [-0.15, -0.1) is 23.1 Å². The molecule has 6 heteroatoms. The van der Waals surface area contributed by atoms with Crippen molar-refractivity contribution in [2.24, 2.45) is 0 Å². The molecule has 0 fully saturated rings. The van der Waals surface area contributed by atoms with Crippen molar-refractivity contribution in [3.8, 4) is 0 Å². The molecule has 25 heavy (non-hydrogen) atoms. The molecular formula is C19H20BrN3S2. The third-order valence-corrected chi connectivity index (χ3v) is 7.11. The molecule has 0 saturated carbocycles. The molecule has 1 aliphatic rings.